The summed E-state index contributed by atoms with van der Waals surface area (Å²) in [6, 6.07) is 0.391. The average molecular weight is 476 g/mol. The Bertz CT molecular complexity index is 430. The molecule has 24 heavy (non-hydrogen) atoms. The normalized spacial score (nSPS) is 13.5. The lowest BCUT2D eigenvalue weighted by atomic mass is 10.1. The molecule has 2 N–H and O–H groups in total. The lowest BCUT2D eigenvalue weighted by molar-refractivity contribution is 0.427. The van der Waals surface area contributed by atoms with Gasteiger partial charge in [0.1, 0.15) is 0 Å². The largest absolute Gasteiger partial charge is 0.357 e. The Balaban J connectivity index is 0. The van der Waals surface area contributed by atoms with E-state index in [-0.39, 0.29) is 24.0 Å². The monoisotopic (exact) mass is 476 g/mol. The Labute approximate surface area is 166 Å². The van der Waals surface area contributed by atoms with E-state index in [2.05, 4.69) is 29.5 Å². The van der Waals surface area contributed by atoms with Gasteiger partial charge in [0.05, 0.1) is 6.26 Å². The highest BCUT2D eigenvalue weighted by Crippen LogP contribution is 2.03. The molecule has 0 bridgehead atoms. The average Bonchev–Trinajstić information content (AvgIpc) is 2.46. The Morgan fingerprint density at radius 3 is 2.33 bits per heavy atom. The summed E-state index contributed by atoms with van der Waals surface area (Å²) in [5.41, 5.74) is 0. The highest BCUT2D eigenvalue weighted by atomic mass is 127. The summed E-state index contributed by atoms with van der Waals surface area (Å²) < 4.78 is 24.5. The van der Waals surface area contributed by atoms with Crippen molar-refractivity contribution in [3.8, 4) is 0 Å². The lowest BCUT2D eigenvalue weighted by Crippen LogP contribution is -2.42. The molecule has 0 saturated carbocycles. The number of aliphatic imine (C=N–C) groups is 1. The van der Waals surface area contributed by atoms with Gasteiger partial charge >= 0.3 is 0 Å². The fourth-order valence-electron chi connectivity index (χ4n) is 2.32. The van der Waals surface area contributed by atoms with E-state index in [1.807, 2.05) is 13.8 Å². The number of nitrogens with one attached hydrogen (secondary N) is 2. The molecule has 0 radical (unpaired) electrons. The molecule has 1 unspecified atom stereocenters. The van der Waals surface area contributed by atoms with Crippen LogP contribution in [0.5, 0.6) is 0 Å². The highest BCUT2D eigenvalue weighted by molar-refractivity contribution is 14.0. The van der Waals surface area contributed by atoms with Crippen molar-refractivity contribution in [2.24, 2.45) is 4.99 Å². The number of hydrogen-bond donors (Lipinski definition) is 2. The van der Waals surface area contributed by atoms with Gasteiger partial charge in [-0.1, -0.05) is 33.1 Å². The molecule has 0 aromatic rings. The topological polar surface area (TPSA) is 73.8 Å². The van der Waals surface area contributed by atoms with E-state index in [4.69, 9.17) is 0 Å². The van der Waals surface area contributed by atoms with Crippen LogP contribution in [0.15, 0.2) is 4.99 Å². The zero-order chi connectivity index (χ0) is 17.7. The SMILES string of the molecule is CCCCCC(C)NC(=NCCCN(CC)S(C)(=O)=O)NCC.I. The molecule has 1 atom stereocenters. The maximum Gasteiger partial charge on any atom is 0.211 e. The molecule has 0 aliphatic heterocycles. The fraction of sp³-hybridized carbons (Fsp3) is 0.938. The van der Waals surface area contributed by atoms with Crippen molar-refractivity contribution in [3.63, 3.8) is 0 Å². The van der Waals surface area contributed by atoms with Crippen LogP contribution in [0.2, 0.25) is 0 Å². The van der Waals surface area contributed by atoms with E-state index in [1.54, 1.807) is 0 Å². The van der Waals surface area contributed by atoms with E-state index in [0.717, 1.165) is 25.3 Å². The summed E-state index contributed by atoms with van der Waals surface area (Å²) in [4.78, 5) is 4.54. The standard InChI is InChI=1S/C16H36N4O2S.HI/c1-6-9-10-12-15(4)19-16(17-7-2)18-13-11-14-20(8-3)23(5,21)22;/h15H,6-14H2,1-5H3,(H2,17,18,19);1H. The minimum atomic E-state index is -3.10. The van der Waals surface area contributed by atoms with Crippen LogP contribution in [0.1, 0.15) is 59.8 Å². The summed E-state index contributed by atoms with van der Waals surface area (Å²) >= 11 is 0. The predicted octanol–water partition coefficient (Wildman–Crippen LogP) is 2.80. The molecule has 0 amide bonds. The summed E-state index contributed by atoms with van der Waals surface area (Å²) in [6.07, 6.45) is 6.83. The molecule has 0 spiro atoms. The predicted molar refractivity (Wildman–Crippen MR) is 115 cm³/mol. The zero-order valence-corrected chi connectivity index (χ0v) is 19.1. The van der Waals surface area contributed by atoms with Crippen molar-refractivity contribution in [2.75, 3.05) is 32.4 Å². The first-order valence-corrected chi connectivity index (χ1v) is 10.7. The van der Waals surface area contributed by atoms with Gasteiger partial charge in [0, 0.05) is 32.2 Å². The Morgan fingerprint density at radius 2 is 1.83 bits per heavy atom. The first-order chi connectivity index (χ1) is 10.8. The number of sulfonamides is 1. The van der Waals surface area contributed by atoms with E-state index in [0.29, 0.717) is 25.7 Å². The number of hydrogen-bond acceptors (Lipinski definition) is 3. The molecule has 8 heteroatoms. The van der Waals surface area contributed by atoms with Gasteiger partial charge in [-0.05, 0) is 26.7 Å². The van der Waals surface area contributed by atoms with Crippen LogP contribution in [0.4, 0.5) is 0 Å². The smallest absolute Gasteiger partial charge is 0.211 e. The lowest BCUT2D eigenvalue weighted by Gasteiger charge is -2.19. The first kappa shape index (κ1) is 26.1. The maximum absolute atomic E-state index is 11.5. The Kier molecular flexibility index (Phi) is 16.5. The van der Waals surface area contributed by atoms with Gasteiger partial charge in [0.25, 0.3) is 0 Å². The van der Waals surface area contributed by atoms with Gasteiger partial charge < -0.3 is 10.6 Å². The maximum atomic E-state index is 11.5. The van der Waals surface area contributed by atoms with E-state index in [9.17, 15) is 8.42 Å². The fourth-order valence-corrected chi connectivity index (χ4v) is 3.25. The van der Waals surface area contributed by atoms with Gasteiger partial charge in [0.15, 0.2) is 5.96 Å². The van der Waals surface area contributed by atoms with E-state index in [1.165, 1.54) is 29.8 Å². The number of unbranched alkanes of at least 4 members (excludes halogenated alkanes) is 2. The second-order valence-electron chi connectivity index (χ2n) is 5.91. The van der Waals surface area contributed by atoms with Crippen molar-refractivity contribution in [2.45, 2.75) is 65.8 Å². The van der Waals surface area contributed by atoms with Crippen LogP contribution in [0, 0.1) is 0 Å². The minimum absolute atomic E-state index is 0. The molecular formula is C16H37IN4O2S. The molecular weight excluding hydrogens is 439 g/mol. The van der Waals surface area contributed by atoms with Crippen molar-refractivity contribution in [3.05, 3.63) is 0 Å². The van der Waals surface area contributed by atoms with Gasteiger partial charge in [-0.2, -0.15) is 0 Å². The van der Waals surface area contributed by atoms with Crippen molar-refractivity contribution in [1.29, 1.82) is 0 Å². The van der Waals surface area contributed by atoms with Gasteiger partial charge in [0.2, 0.25) is 10.0 Å². The second-order valence-corrected chi connectivity index (χ2v) is 7.89. The molecule has 0 saturated heterocycles. The molecule has 146 valence electrons. The highest BCUT2D eigenvalue weighted by Gasteiger charge is 2.13. The summed E-state index contributed by atoms with van der Waals surface area (Å²) in [5, 5.41) is 6.66. The second kappa shape index (κ2) is 15.2. The molecule has 0 aliphatic rings. The van der Waals surface area contributed by atoms with Crippen molar-refractivity contribution in [1.82, 2.24) is 14.9 Å². The summed E-state index contributed by atoms with van der Waals surface area (Å²) in [6.45, 7) is 10.7. The third-order valence-corrected chi connectivity index (χ3v) is 5.00. The van der Waals surface area contributed by atoms with Crippen LogP contribution in [0.3, 0.4) is 0 Å². The van der Waals surface area contributed by atoms with E-state index < -0.39 is 10.0 Å². The first-order valence-electron chi connectivity index (χ1n) is 8.85. The number of halogens is 1. The molecule has 6 nitrogen and oxygen atoms in total. The van der Waals surface area contributed by atoms with Crippen LogP contribution in [-0.4, -0.2) is 57.2 Å². The Hall–Kier alpha value is -0.0900. The summed E-state index contributed by atoms with van der Waals surface area (Å²) in [7, 11) is -3.10. The van der Waals surface area contributed by atoms with Crippen LogP contribution < -0.4 is 10.6 Å². The third kappa shape index (κ3) is 13.2. The molecule has 0 aromatic heterocycles. The number of rotatable bonds is 12. The zero-order valence-electron chi connectivity index (χ0n) is 16.0. The van der Waals surface area contributed by atoms with E-state index >= 15 is 0 Å². The van der Waals surface area contributed by atoms with Crippen LogP contribution in [-0.2, 0) is 10.0 Å². The molecule has 0 rings (SSSR count). The quantitative estimate of drug-likeness (QED) is 0.197. The molecule has 0 fully saturated rings. The van der Waals surface area contributed by atoms with Crippen molar-refractivity contribution >= 4 is 40.0 Å². The molecule has 0 aliphatic carbocycles. The molecule has 0 heterocycles. The van der Waals surface area contributed by atoms with Gasteiger partial charge in [-0.15, -0.1) is 24.0 Å². The minimum Gasteiger partial charge on any atom is -0.357 e. The Morgan fingerprint density at radius 1 is 1.17 bits per heavy atom. The van der Waals surface area contributed by atoms with Crippen LogP contribution >= 0.6 is 24.0 Å². The number of nitrogens with zero attached hydrogens (tertiary/aromatic N) is 2. The third-order valence-electron chi connectivity index (χ3n) is 3.63. The van der Waals surface area contributed by atoms with Crippen LogP contribution in [0.25, 0.3) is 0 Å². The van der Waals surface area contributed by atoms with Gasteiger partial charge in [-0.25, -0.2) is 12.7 Å². The van der Waals surface area contributed by atoms with Crippen molar-refractivity contribution < 1.29 is 8.42 Å². The summed E-state index contributed by atoms with van der Waals surface area (Å²) in [5.74, 6) is 0.818. The number of guanidine groups is 1. The van der Waals surface area contributed by atoms with Gasteiger partial charge in [-0.3, -0.25) is 4.99 Å². The molecule has 0 aromatic carbocycles.